The number of rotatable bonds is 9. The van der Waals surface area contributed by atoms with E-state index in [2.05, 4.69) is 4.98 Å². The van der Waals surface area contributed by atoms with Gasteiger partial charge in [-0.1, -0.05) is 12.1 Å². The van der Waals surface area contributed by atoms with E-state index in [4.69, 9.17) is 9.47 Å². The molecule has 0 unspecified atom stereocenters. The average molecular weight is 413 g/mol. The molecule has 0 aliphatic heterocycles. The maximum absolute atomic E-state index is 12.8. The van der Waals surface area contributed by atoms with Crippen LogP contribution in [0.5, 0.6) is 11.5 Å². The first-order chi connectivity index (χ1) is 14.0. The Morgan fingerprint density at radius 3 is 2.62 bits per heavy atom. The number of thiophene rings is 1. The van der Waals surface area contributed by atoms with Crippen molar-refractivity contribution in [3.05, 3.63) is 69.7 Å². The van der Waals surface area contributed by atoms with E-state index in [1.807, 2.05) is 42.6 Å². The van der Waals surface area contributed by atoms with Gasteiger partial charge in [0, 0.05) is 29.7 Å². The number of carbonyl (C=O) groups excluding carboxylic acids is 2. The Balaban J connectivity index is 1.71. The predicted octanol–water partition coefficient (Wildman–Crippen LogP) is 4.53. The SMILES string of the molecule is CCN(Cc1ccc(OCc2cccs2)c(OC)c1)C(=O)c1cc(C(C)=O)c[nH]1. The van der Waals surface area contributed by atoms with Crippen LogP contribution in [0.4, 0.5) is 0 Å². The van der Waals surface area contributed by atoms with Gasteiger partial charge in [0.05, 0.1) is 7.11 Å². The molecule has 0 fully saturated rings. The summed E-state index contributed by atoms with van der Waals surface area (Å²) in [5.74, 6) is 1.05. The number of nitrogens with one attached hydrogen (secondary N) is 1. The summed E-state index contributed by atoms with van der Waals surface area (Å²) in [6.45, 7) is 4.83. The van der Waals surface area contributed by atoms with Gasteiger partial charge in [-0.05, 0) is 49.1 Å². The van der Waals surface area contributed by atoms with Crippen LogP contribution in [0.15, 0.2) is 48.0 Å². The Labute approximate surface area is 174 Å². The van der Waals surface area contributed by atoms with Gasteiger partial charge in [0.1, 0.15) is 12.3 Å². The van der Waals surface area contributed by atoms with Crippen molar-refractivity contribution in [3.8, 4) is 11.5 Å². The molecule has 0 aliphatic carbocycles. The Morgan fingerprint density at radius 1 is 1.17 bits per heavy atom. The van der Waals surface area contributed by atoms with E-state index in [0.717, 1.165) is 10.4 Å². The number of ether oxygens (including phenoxy) is 2. The number of hydrogen-bond donors (Lipinski definition) is 1. The van der Waals surface area contributed by atoms with Gasteiger partial charge < -0.3 is 19.4 Å². The van der Waals surface area contributed by atoms with Gasteiger partial charge in [-0.3, -0.25) is 9.59 Å². The fraction of sp³-hybridized carbons (Fsp3) is 0.273. The van der Waals surface area contributed by atoms with Gasteiger partial charge in [-0.15, -0.1) is 11.3 Å². The quantitative estimate of drug-likeness (QED) is 0.524. The number of aromatic amines is 1. The number of benzene rings is 1. The van der Waals surface area contributed by atoms with E-state index < -0.39 is 0 Å². The van der Waals surface area contributed by atoms with E-state index in [9.17, 15) is 9.59 Å². The Bertz CT molecular complexity index is 979. The molecule has 3 aromatic rings. The van der Waals surface area contributed by atoms with Crippen LogP contribution in [-0.4, -0.2) is 35.2 Å². The average Bonchev–Trinajstić information content (AvgIpc) is 3.42. The second kappa shape index (κ2) is 9.43. The number of ketones is 1. The Kier molecular flexibility index (Phi) is 6.72. The lowest BCUT2D eigenvalue weighted by atomic mass is 10.1. The normalized spacial score (nSPS) is 10.6. The number of hydrogen-bond acceptors (Lipinski definition) is 5. The summed E-state index contributed by atoms with van der Waals surface area (Å²) in [6, 6.07) is 11.3. The molecule has 0 bridgehead atoms. The minimum absolute atomic E-state index is 0.0776. The minimum atomic E-state index is -0.156. The molecule has 2 aromatic heterocycles. The molecular weight excluding hydrogens is 388 g/mol. The zero-order chi connectivity index (χ0) is 20.8. The van der Waals surface area contributed by atoms with Gasteiger partial charge in [0.2, 0.25) is 0 Å². The predicted molar refractivity (Wildman–Crippen MR) is 113 cm³/mol. The lowest BCUT2D eigenvalue weighted by Gasteiger charge is -2.21. The van der Waals surface area contributed by atoms with Crippen molar-refractivity contribution < 1.29 is 19.1 Å². The topological polar surface area (TPSA) is 71.6 Å². The Morgan fingerprint density at radius 2 is 2.00 bits per heavy atom. The smallest absolute Gasteiger partial charge is 0.270 e. The fourth-order valence-electron chi connectivity index (χ4n) is 2.91. The molecule has 2 heterocycles. The van der Waals surface area contributed by atoms with Crippen molar-refractivity contribution in [2.45, 2.75) is 27.0 Å². The number of Topliss-reactive ketones (excluding diaryl/α,β-unsaturated/α-hetero) is 1. The maximum atomic E-state index is 12.8. The van der Waals surface area contributed by atoms with E-state index in [0.29, 0.717) is 42.5 Å². The fourth-order valence-corrected chi connectivity index (χ4v) is 3.53. The first-order valence-corrected chi connectivity index (χ1v) is 10.2. The number of amides is 1. The highest BCUT2D eigenvalue weighted by atomic mass is 32.1. The number of carbonyl (C=O) groups is 2. The Hall–Kier alpha value is -3.06. The van der Waals surface area contributed by atoms with Crippen molar-refractivity contribution in [1.29, 1.82) is 0 Å². The maximum Gasteiger partial charge on any atom is 0.270 e. The zero-order valence-corrected chi connectivity index (χ0v) is 17.5. The van der Waals surface area contributed by atoms with Gasteiger partial charge in [0.15, 0.2) is 17.3 Å². The first-order valence-electron chi connectivity index (χ1n) is 9.32. The van der Waals surface area contributed by atoms with Gasteiger partial charge in [-0.25, -0.2) is 0 Å². The first kappa shape index (κ1) is 20.7. The molecule has 0 saturated heterocycles. The van der Waals surface area contributed by atoms with Crippen LogP contribution in [0.3, 0.4) is 0 Å². The minimum Gasteiger partial charge on any atom is -0.493 e. The van der Waals surface area contributed by atoms with Crippen molar-refractivity contribution >= 4 is 23.0 Å². The summed E-state index contributed by atoms with van der Waals surface area (Å²) in [6.07, 6.45) is 1.56. The lowest BCUT2D eigenvalue weighted by Crippen LogP contribution is -2.30. The monoisotopic (exact) mass is 412 g/mol. The van der Waals surface area contributed by atoms with Crippen LogP contribution in [0.2, 0.25) is 0 Å². The standard InChI is InChI=1S/C22H24N2O4S/c1-4-24(22(26)19-11-17(12-23-19)15(2)25)13-16-7-8-20(21(10-16)27-3)28-14-18-6-5-9-29-18/h5-12,23H,4,13-14H2,1-3H3. The highest BCUT2D eigenvalue weighted by Crippen LogP contribution is 2.30. The zero-order valence-electron chi connectivity index (χ0n) is 16.7. The number of methoxy groups -OCH3 is 1. The molecule has 3 rings (SSSR count). The second-order valence-corrected chi connectivity index (χ2v) is 7.56. The van der Waals surface area contributed by atoms with Crippen LogP contribution in [-0.2, 0) is 13.2 Å². The molecule has 1 aromatic carbocycles. The third kappa shape index (κ3) is 5.06. The van der Waals surface area contributed by atoms with Crippen LogP contribution < -0.4 is 9.47 Å². The summed E-state index contributed by atoms with van der Waals surface area (Å²) in [5, 5.41) is 2.01. The van der Waals surface area contributed by atoms with Crippen LogP contribution >= 0.6 is 11.3 Å². The van der Waals surface area contributed by atoms with Gasteiger partial charge in [0.25, 0.3) is 5.91 Å². The highest BCUT2D eigenvalue weighted by molar-refractivity contribution is 7.09. The molecule has 1 N–H and O–H groups in total. The van der Waals surface area contributed by atoms with E-state index in [1.54, 1.807) is 35.6 Å². The van der Waals surface area contributed by atoms with Crippen molar-refractivity contribution in [2.24, 2.45) is 0 Å². The van der Waals surface area contributed by atoms with Crippen molar-refractivity contribution in [3.63, 3.8) is 0 Å². The largest absolute Gasteiger partial charge is 0.493 e. The molecule has 0 atom stereocenters. The molecule has 1 amide bonds. The van der Waals surface area contributed by atoms with E-state index in [1.165, 1.54) is 6.92 Å². The van der Waals surface area contributed by atoms with Crippen LogP contribution in [0.1, 0.15) is 45.1 Å². The van der Waals surface area contributed by atoms with Crippen LogP contribution in [0, 0.1) is 0 Å². The molecule has 152 valence electrons. The second-order valence-electron chi connectivity index (χ2n) is 6.53. The van der Waals surface area contributed by atoms with Crippen molar-refractivity contribution in [1.82, 2.24) is 9.88 Å². The van der Waals surface area contributed by atoms with E-state index >= 15 is 0 Å². The molecular formula is C22H24N2O4S. The lowest BCUT2D eigenvalue weighted by molar-refractivity contribution is 0.0747. The molecule has 0 saturated carbocycles. The summed E-state index contributed by atoms with van der Waals surface area (Å²) < 4.78 is 11.3. The highest BCUT2D eigenvalue weighted by Gasteiger charge is 2.18. The molecule has 0 aliphatic rings. The molecule has 7 heteroatoms. The number of nitrogens with zero attached hydrogens (tertiary/aromatic N) is 1. The third-order valence-corrected chi connectivity index (χ3v) is 5.39. The van der Waals surface area contributed by atoms with Crippen LogP contribution in [0.25, 0.3) is 0 Å². The molecule has 29 heavy (non-hydrogen) atoms. The number of aromatic nitrogens is 1. The number of H-pyrrole nitrogens is 1. The van der Waals surface area contributed by atoms with Gasteiger partial charge in [-0.2, -0.15) is 0 Å². The van der Waals surface area contributed by atoms with E-state index in [-0.39, 0.29) is 11.7 Å². The molecule has 0 radical (unpaired) electrons. The molecule has 6 nitrogen and oxygen atoms in total. The van der Waals surface area contributed by atoms with Crippen molar-refractivity contribution in [2.75, 3.05) is 13.7 Å². The summed E-state index contributed by atoms with van der Waals surface area (Å²) in [5.41, 5.74) is 1.83. The van der Waals surface area contributed by atoms with Gasteiger partial charge >= 0.3 is 0 Å². The summed E-state index contributed by atoms with van der Waals surface area (Å²) >= 11 is 1.64. The third-order valence-electron chi connectivity index (χ3n) is 4.54. The summed E-state index contributed by atoms with van der Waals surface area (Å²) in [4.78, 5) is 30.0. The molecule has 0 spiro atoms. The summed E-state index contributed by atoms with van der Waals surface area (Å²) in [7, 11) is 1.60.